The minimum absolute atomic E-state index is 0.466. The molecule has 88 valence electrons. The Labute approximate surface area is 100 Å². The van der Waals surface area contributed by atoms with Crippen LogP contribution in [0.25, 0.3) is 11.4 Å². The molecular weight excluding hydrogens is 214 g/mol. The zero-order valence-corrected chi connectivity index (χ0v) is 9.60. The van der Waals surface area contributed by atoms with Crippen molar-refractivity contribution in [3.63, 3.8) is 0 Å². The van der Waals surface area contributed by atoms with Crippen LogP contribution in [0.3, 0.4) is 0 Å². The minimum Gasteiger partial charge on any atom is -0.381 e. The molecule has 0 radical (unpaired) electrons. The Morgan fingerprint density at radius 2 is 1.88 bits per heavy atom. The largest absolute Gasteiger partial charge is 0.381 e. The van der Waals surface area contributed by atoms with E-state index in [4.69, 9.17) is 4.74 Å². The van der Waals surface area contributed by atoms with Gasteiger partial charge in [0.2, 0.25) is 0 Å². The first-order valence-corrected chi connectivity index (χ1v) is 5.99. The van der Waals surface area contributed by atoms with Crippen molar-refractivity contribution >= 4 is 0 Å². The molecular formula is C13H15N3O. The van der Waals surface area contributed by atoms with Crippen molar-refractivity contribution in [1.82, 2.24) is 15.2 Å². The first-order valence-electron chi connectivity index (χ1n) is 5.99. The van der Waals surface area contributed by atoms with Gasteiger partial charge in [-0.25, -0.2) is 4.98 Å². The van der Waals surface area contributed by atoms with Crippen LogP contribution in [0.5, 0.6) is 0 Å². The van der Waals surface area contributed by atoms with E-state index in [9.17, 15) is 0 Å². The average molecular weight is 229 g/mol. The molecule has 0 bridgehead atoms. The number of ether oxygens (including phenoxy) is 1. The van der Waals surface area contributed by atoms with E-state index in [2.05, 4.69) is 15.2 Å². The highest BCUT2D eigenvalue weighted by Crippen LogP contribution is 2.25. The Morgan fingerprint density at radius 3 is 2.65 bits per heavy atom. The van der Waals surface area contributed by atoms with Crippen LogP contribution in [0, 0.1) is 0 Å². The third kappa shape index (κ3) is 2.22. The molecule has 1 N–H and O–H groups in total. The van der Waals surface area contributed by atoms with Crippen molar-refractivity contribution in [3.05, 3.63) is 36.2 Å². The molecule has 1 saturated heterocycles. The van der Waals surface area contributed by atoms with Crippen LogP contribution in [0.15, 0.2) is 30.3 Å². The summed E-state index contributed by atoms with van der Waals surface area (Å²) in [6.45, 7) is 1.65. The third-order valence-corrected chi connectivity index (χ3v) is 3.14. The molecule has 1 fully saturated rings. The zero-order chi connectivity index (χ0) is 11.5. The van der Waals surface area contributed by atoms with Gasteiger partial charge in [0, 0.05) is 24.7 Å². The van der Waals surface area contributed by atoms with Gasteiger partial charge in [-0.15, -0.1) is 0 Å². The SMILES string of the molecule is c1ccc(-c2n[nH]c(C3CCOCC3)n2)cc1. The molecule has 1 aromatic heterocycles. The van der Waals surface area contributed by atoms with Crippen LogP contribution < -0.4 is 0 Å². The number of rotatable bonds is 2. The Balaban J connectivity index is 1.83. The Morgan fingerprint density at radius 1 is 1.12 bits per heavy atom. The highest BCUT2D eigenvalue weighted by Gasteiger charge is 2.19. The van der Waals surface area contributed by atoms with Crippen LogP contribution in [-0.4, -0.2) is 28.4 Å². The van der Waals surface area contributed by atoms with Crippen LogP contribution >= 0.6 is 0 Å². The van der Waals surface area contributed by atoms with Gasteiger partial charge < -0.3 is 4.74 Å². The van der Waals surface area contributed by atoms with E-state index < -0.39 is 0 Å². The number of aromatic amines is 1. The minimum atomic E-state index is 0.466. The summed E-state index contributed by atoms with van der Waals surface area (Å²) in [5, 5.41) is 7.34. The van der Waals surface area contributed by atoms with Gasteiger partial charge in [-0.2, -0.15) is 5.10 Å². The maximum Gasteiger partial charge on any atom is 0.181 e. The lowest BCUT2D eigenvalue weighted by atomic mass is 10.00. The summed E-state index contributed by atoms with van der Waals surface area (Å²) in [5.41, 5.74) is 1.06. The summed E-state index contributed by atoms with van der Waals surface area (Å²) in [5.74, 6) is 2.24. The van der Waals surface area contributed by atoms with E-state index in [-0.39, 0.29) is 0 Å². The number of nitrogens with zero attached hydrogens (tertiary/aromatic N) is 2. The fourth-order valence-corrected chi connectivity index (χ4v) is 2.14. The van der Waals surface area contributed by atoms with Crippen LogP contribution in [0.1, 0.15) is 24.6 Å². The summed E-state index contributed by atoms with van der Waals surface area (Å²) in [7, 11) is 0. The molecule has 0 amide bonds. The van der Waals surface area contributed by atoms with Crippen molar-refractivity contribution in [1.29, 1.82) is 0 Å². The summed E-state index contributed by atoms with van der Waals surface area (Å²) in [6, 6.07) is 10.0. The second-order valence-electron chi connectivity index (χ2n) is 4.30. The van der Waals surface area contributed by atoms with Gasteiger partial charge in [0.1, 0.15) is 5.82 Å². The molecule has 1 aromatic carbocycles. The molecule has 1 aliphatic heterocycles. The predicted molar refractivity (Wildman–Crippen MR) is 64.6 cm³/mol. The standard InChI is InChI=1S/C13H15N3O/c1-2-4-10(5-3-1)12-14-13(16-15-12)11-6-8-17-9-7-11/h1-5,11H,6-9H2,(H,14,15,16). The number of benzene rings is 1. The van der Waals surface area contributed by atoms with E-state index in [0.29, 0.717) is 5.92 Å². The summed E-state index contributed by atoms with van der Waals surface area (Å²) >= 11 is 0. The molecule has 2 heterocycles. The first kappa shape index (κ1) is 10.5. The monoisotopic (exact) mass is 229 g/mol. The molecule has 0 aliphatic carbocycles. The lowest BCUT2D eigenvalue weighted by molar-refractivity contribution is 0.0836. The van der Waals surface area contributed by atoms with Crippen molar-refractivity contribution in [2.75, 3.05) is 13.2 Å². The van der Waals surface area contributed by atoms with Gasteiger partial charge in [-0.05, 0) is 12.8 Å². The highest BCUT2D eigenvalue weighted by molar-refractivity contribution is 5.53. The molecule has 0 spiro atoms. The fraction of sp³-hybridized carbons (Fsp3) is 0.385. The quantitative estimate of drug-likeness (QED) is 0.860. The van der Waals surface area contributed by atoms with E-state index in [1.54, 1.807) is 0 Å². The number of hydrogen-bond acceptors (Lipinski definition) is 3. The number of H-pyrrole nitrogens is 1. The normalized spacial score (nSPS) is 17.2. The second kappa shape index (κ2) is 4.67. The Hall–Kier alpha value is -1.68. The fourth-order valence-electron chi connectivity index (χ4n) is 2.14. The number of nitrogens with one attached hydrogen (secondary N) is 1. The van der Waals surface area contributed by atoms with Gasteiger partial charge in [-0.3, -0.25) is 5.10 Å². The molecule has 0 saturated carbocycles. The summed E-state index contributed by atoms with van der Waals surface area (Å²) in [4.78, 5) is 4.58. The third-order valence-electron chi connectivity index (χ3n) is 3.14. The Kier molecular flexibility index (Phi) is 2.88. The lowest BCUT2D eigenvalue weighted by Crippen LogP contribution is -2.15. The molecule has 0 atom stereocenters. The average Bonchev–Trinajstić information content (AvgIpc) is 2.90. The van der Waals surface area contributed by atoms with Crippen LogP contribution in [-0.2, 0) is 4.74 Å². The van der Waals surface area contributed by atoms with Crippen molar-refractivity contribution in [3.8, 4) is 11.4 Å². The van der Waals surface area contributed by atoms with Gasteiger partial charge in [0.15, 0.2) is 5.82 Å². The summed E-state index contributed by atoms with van der Waals surface area (Å²) < 4.78 is 5.35. The number of aromatic nitrogens is 3. The molecule has 3 rings (SSSR count). The van der Waals surface area contributed by atoms with E-state index in [1.807, 2.05) is 30.3 Å². The Bertz CT molecular complexity index is 474. The molecule has 4 heteroatoms. The lowest BCUT2D eigenvalue weighted by Gasteiger charge is -2.19. The molecule has 2 aromatic rings. The zero-order valence-electron chi connectivity index (χ0n) is 9.60. The van der Waals surface area contributed by atoms with Gasteiger partial charge in [0.25, 0.3) is 0 Å². The predicted octanol–water partition coefficient (Wildman–Crippen LogP) is 2.37. The van der Waals surface area contributed by atoms with Crippen LogP contribution in [0.4, 0.5) is 0 Å². The van der Waals surface area contributed by atoms with Crippen molar-refractivity contribution < 1.29 is 4.74 Å². The van der Waals surface area contributed by atoms with Gasteiger partial charge in [0.05, 0.1) is 0 Å². The maximum absolute atomic E-state index is 5.35. The van der Waals surface area contributed by atoms with Crippen molar-refractivity contribution in [2.45, 2.75) is 18.8 Å². The first-order chi connectivity index (χ1) is 8.43. The van der Waals surface area contributed by atoms with Gasteiger partial charge >= 0.3 is 0 Å². The second-order valence-corrected chi connectivity index (χ2v) is 4.30. The van der Waals surface area contributed by atoms with E-state index in [0.717, 1.165) is 43.3 Å². The summed E-state index contributed by atoms with van der Waals surface area (Å²) in [6.07, 6.45) is 2.06. The smallest absolute Gasteiger partial charge is 0.181 e. The molecule has 4 nitrogen and oxygen atoms in total. The maximum atomic E-state index is 5.35. The van der Waals surface area contributed by atoms with E-state index in [1.165, 1.54) is 0 Å². The van der Waals surface area contributed by atoms with Crippen LogP contribution in [0.2, 0.25) is 0 Å². The van der Waals surface area contributed by atoms with Gasteiger partial charge in [-0.1, -0.05) is 30.3 Å². The molecule has 17 heavy (non-hydrogen) atoms. The topological polar surface area (TPSA) is 50.8 Å². The van der Waals surface area contributed by atoms with E-state index >= 15 is 0 Å². The van der Waals surface area contributed by atoms with Crippen molar-refractivity contribution in [2.24, 2.45) is 0 Å². The number of hydrogen-bond donors (Lipinski definition) is 1. The molecule has 1 aliphatic rings. The molecule has 0 unspecified atom stereocenters. The highest BCUT2D eigenvalue weighted by atomic mass is 16.5.